The van der Waals surface area contributed by atoms with Crippen LogP contribution in [-0.4, -0.2) is 9.97 Å². The van der Waals surface area contributed by atoms with E-state index in [4.69, 9.17) is 14.4 Å². The van der Waals surface area contributed by atoms with Gasteiger partial charge in [0.25, 0.3) is 0 Å². The number of hydrogen-bond donors (Lipinski definition) is 0. The fourth-order valence-electron chi connectivity index (χ4n) is 8.24. The third kappa shape index (κ3) is 5.94. The van der Waals surface area contributed by atoms with Crippen LogP contribution in [0.4, 0.5) is 0 Å². The molecule has 11 rings (SSSR count). The second-order valence-electron chi connectivity index (χ2n) is 14.6. The Labute approximate surface area is 330 Å². The molecule has 0 fully saturated rings. The number of fused-ring (bicyclic) bond motifs is 6. The van der Waals surface area contributed by atoms with Gasteiger partial charge >= 0.3 is 0 Å². The van der Waals surface area contributed by atoms with Gasteiger partial charge in [0.1, 0.15) is 11.2 Å². The van der Waals surface area contributed by atoms with E-state index in [2.05, 4.69) is 188 Å². The highest BCUT2D eigenvalue weighted by Crippen LogP contribution is 2.39. The third-order valence-electron chi connectivity index (χ3n) is 11.0. The Morgan fingerprint density at radius 3 is 1.65 bits per heavy atom. The highest BCUT2D eigenvalue weighted by Gasteiger charge is 2.16. The Bertz CT molecular complexity index is 3290. The monoisotopic (exact) mass is 726 g/mol. The summed E-state index contributed by atoms with van der Waals surface area (Å²) in [7, 11) is 0. The fourth-order valence-corrected chi connectivity index (χ4v) is 8.24. The number of furan rings is 1. The minimum Gasteiger partial charge on any atom is -0.456 e. The number of hydrogen-bond acceptors (Lipinski definition) is 3. The van der Waals surface area contributed by atoms with Gasteiger partial charge in [-0.2, -0.15) is 0 Å². The van der Waals surface area contributed by atoms with E-state index in [0.717, 1.165) is 77.8 Å². The molecule has 9 aromatic carbocycles. The molecule has 3 nitrogen and oxygen atoms in total. The predicted molar refractivity (Wildman–Crippen MR) is 237 cm³/mol. The van der Waals surface area contributed by atoms with Crippen LogP contribution in [-0.2, 0) is 0 Å². The summed E-state index contributed by atoms with van der Waals surface area (Å²) in [6.07, 6.45) is 0. The summed E-state index contributed by atoms with van der Waals surface area (Å²) in [6.45, 7) is 0. The molecule has 266 valence electrons. The summed E-state index contributed by atoms with van der Waals surface area (Å²) in [5, 5.41) is 7.15. The van der Waals surface area contributed by atoms with E-state index in [1.54, 1.807) is 0 Å². The Hall–Kier alpha value is -7.62. The van der Waals surface area contributed by atoms with Gasteiger partial charge in [-0.25, -0.2) is 9.97 Å². The number of benzene rings is 9. The third-order valence-corrected chi connectivity index (χ3v) is 11.0. The first kappa shape index (κ1) is 32.8. The molecule has 0 aliphatic rings. The van der Waals surface area contributed by atoms with Crippen LogP contribution in [0.3, 0.4) is 0 Å². The van der Waals surface area contributed by atoms with Crippen molar-refractivity contribution in [1.29, 1.82) is 0 Å². The maximum atomic E-state index is 6.20. The number of para-hydroxylation sites is 1. The van der Waals surface area contributed by atoms with Crippen molar-refractivity contribution in [2.45, 2.75) is 0 Å². The quantitative estimate of drug-likeness (QED) is 0.160. The van der Waals surface area contributed by atoms with Gasteiger partial charge < -0.3 is 4.42 Å². The maximum absolute atomic E-state index is 6.20. The van der Waals surface area contributed by atoms with E-state index in [9.17, 15) is 0 Å². The zero-order chi connectivity index (χ0) is 37.7. The number of aromatic nitrogens is 2. The Morgan fingerprint density at radius 2 is 0.842 bits per heavy atom. The van der Waals surface area contributed by atoms with Crippen LogP contribution in [0, 0.1) is 0 Å². The Morgan fingerprint density at radius 1 is 0.281 bits per heavy atom. The molecular formula is C54H34N2O. The fraction of sp³-hybridized carbons (Fsp3) is 0. The molecule has 57 heavy (non-hydrogen) atoms. The predicted octanol–water partition coefficient (Wildman–Crippen LogP) is 14.7. The average molecular weight is 727 g/mol. The van der Waals surface area contributed by atoms with Gasteiger partial charge in [-0.05, 0) is 110 Å². The SMILES string of the molecule is c1ccc(-c2cc(-c3ccc4oc5ccccc5c4c3)cc(-c3cc(-c4ccccc4)nc(-c4cccc(-c5cc6ccccc6c6ccccc56)c4)n3)c2)cc1. The number of rotatable bonds is 6. The van der Waals surface area contributed by atoms with Crippen LogP contribution in [0.2, 0.25) is 0 Å². The summed E-state index contributed by atoms with van der Waals surface area (Å²) in [6, 6.07) is 72.9. The lowest BCUT2D eigenvalue weighted by Crippen LogP contribution is -1.97. The normalized spacial score (nSPS) is 11.5. The molecular weight excluding hydrogens is 693 g/mol. The molecule has 0 bridgehead atoms. The van der Waals surface area contributed by atoms with Crippen molar-refractivity contribution in [3.8, 4) is 67.3 Å². The van der Waals surface area contributed by atoms with E-state index in [-0.39, 0.29) is 0 Å². The maximum Gasteiger partial charge on any atom is 0.160 e. The second kappa shape index (κ2) is 13.6. The lowest BCUT2D eigenvalue weighted by atomic mass is 9.92. The lowest BCUT2D eigenvalue weighted by Gasteiger charge is -2.14. The van der Waals surface area contributed by atoms with Crippen LogP contribution in [0.25, 0.3) is 111 Å². The summed E-state index contributed by atoms with van der Waals surface area (Å²) < 4.78 is 6.20. The van der Waals surface area contributed by atoms with Crippen molar-refractivity contribution >= 4 is 43.5 Å². The summed E-state index contributed by atoms with van der Waals surface area (Å²) in [4.78, 5) is 10.6. The molecule has 0 unspecified atom stereocenters. The first-order valence-corrected chi connectivity index (χ1v) is 19.3. The molecule has 0 saturated heterocycles. The van der Waals surface area contributed by atoms with E-state index in [0.29, 0.717) is 5.82 Å². The van der Waals surface area contributed by atoms with Crippen molar-refractivity contribution in [2.75, 3.05) is 0 Å². The van der Waals surface area contributed by atoms with Gasteiger partial charge in [-0.3, -0.25) is 0 Å². The van der Waals surface area contributed by atoms with E-state index < -0.39 is 0 Å². The van der Waals surface area contributed by atoms with Crippen LogP contribution in [0.1, 0.15) is 0 Å². The Kier molecular flexibility index (Phi) is 7.82. The molecule has 11 aromatic rings. The summed E-state index contributed by atoms with van der Waals surface area (Å²) >= 11 is 0. The van der Waals surface area contributed by atoms with Gasteiger partial charge in [0.05, 0.1) is 11.4 Å². The molecule has 2 heterocycles. The zero-order valence-corrected chi connectivity index (χ0v) is 30.9. The zero-order valence-electron chi connectivity index (χ0n) is 30.9. The molecule has 0 aliphatic heterocycles. The van der Waals surface area contributed by atoms with Crippen molar-refractivity contribution in [3.63, 3.8) is 0 Å². The minimum absolute atomic E-state index is 0.677. The van der Waals surface area contributed by atoms with Crippen molar-refractivity contribution in [1.82, 2.24) is 9.97 Å². The van der Waals surface area contributed by atoms with Crippen molar-refractivity contribution in [2.24, 2.45) is 0 Å². The summed E-state index contributed by atoms with van der Waals surface area (Å²) in [5.41, 5.74) is 13.3. The number of nitrogens with zero attached hydrogens (tertiary/aromatic N) is 2. The van der Waals surface area contributed by atoms with E-state index in [1.807, 2.05) is 18.2 Å². The van der Waals surface area contributed by atoms with Gasteiger partial charge in [0, 0.05) is 27.5 Å². The Balaban J connectivity index is 1.10. The summed E-state index contributed by atoms with van der Waals surface area (Å²) in [5.74, 6) is 0.677. The molecule has 0 N–H and O–H groups in total. The standard InChI is InChI=1S/C54H34N2O/c1-3-14-35(15-4-1)41-29-42(37-26-27-53-49(32-37)47-24-11-12-25-52(47)57-53)31-43(30-41)51-34-50(36-16-5-2-6-17-36)55-54(56-51)40-20-13-19-38(28-40)48-33-39-18-7-8-21-44(39)45-22-9-10-23-46(45)48/h1-34H. The molecule has 0 spiro atoms. The van der Waals surface area contributed by atoms with Gasteiger partial charge in [-0.15, -0.1) is 0 Å². The van der Waals surface area contributed by atoms with Gasteiger partial charge in [-0.1, -0.05) is 152 Å². The highest BCUT2D eigenvalue weighted by atomic mass is 16.3. The van der Waals surface area contributed by atoms with Gasteiger partial charge in [0.15, 0.2) is 5.82 Å². The van der Waals surface area contributed by atoms with Crippen LogP contribution < -0.4 is 0 Å². The first-order valence-electron chi connectivity index (χ1n) is 19.3. The molecule has 0 atom stereocenters. The first-order chi connectivity index (χ1) is 28.2. The molecule has 0 amide bonds. The molecule has 0 aliphatic carbocycles. The van der Waals surface area contributed by atoms with Crippen LogP contribution >= 0.6 is 0 Å². The molecule has 0 radical (unpaired) electrons. The minimum atomic E-state index is 0.677. The highest BCUT2D eigenvalue weighted by molar-refractivity contribution is 6.14. The average Bonchev–Trinajstić information content (AvgIpc) is 3.67. The van der Waals surface area contributed by atoms with E-state index in [1.165, 1.54) is 27.1 Å². The molecule has 0 saturated carbocycles. The van der Waals surface area contributed by atoms with Crippen molar-refractivity contribution in [3.05, 3.63) is 206 Å². The van der Waals surface area contributed by atoms with Crippen molar-refractivity contribution < 1.29 is 4.42 Å². The molecule has 3 heteroatoms. The van der Waals surface area contributed by atoms with E-state index >= 15 is 0 Å². The topological polar surface area (TPSA) is 38.9 Å². The van der Waals surface area contributed by atoms with Gasteiger partial charge in [0.2, 0.25) is 0 Å². The van der Waals surface area contributed by atoms with Crippen LogP contribution in [0.5, 0.6) is 0 Å². The lowest BCUT2D eigenvalue weighted by molar-refractivity contribution is 0.669. The second-order valence-corrected chi connectivity index (χ2v) is 14.6. The van der Waals surface area contributed by atoms with Crippen LogP contribution in [0.15, 0.2) is 211 Å². The smallest absolute Gasteiger partial charge is 0.160 e. The largest absolute Gasteiger partial charge is 0.456 e. The molecule has 2 aromatic heterocycles.